The van der Waals surface area contributed by atoms with E-state index in [-0.39, 0.29) is 0 Å². The molecular formula is C15H26N2O. The molecule has 1 saturated heterocycles. The van der Waals surface area contributed by atoms with E-state index < -0.39 is 0 Å². The first-order chi connectivity index (χ1) is 8.78. The van der Waals surface area contributed by atoms with E-state index in [0.29, 0.717) is 17.7 Å². The van der Waals surface area contributed by atoms with E-state index in [1.165, 1.54) is 32.1 Å². The average molecular weight is 250 g/mol. The molecule has 1 heterocycles. The van der Waals surface area contributed by atoms with Gasteiger partial charge in [-0.15, -0.1) is 0 Å². The first kappa shape index (κ1) is 12.5. The first-order valence-electron chi connectivity index (χ1n) is 7.77. The molecule has 3 heteroatoms. The Bertz CT molecular complexity index is 302. The Morgan fingerprint density at radius 3 is 2.67 bits per heavy atom. The fraction of sp³-hybridized carbons (Fsp3) is 0.933. The molecule has 1 aliphatic heterocycles. The van der Waals surface area contributed by atoms with E-state index in [1.54, 1.807) is 0 Å². The van der Waals surface area contributed by atoms with Crippen LogP contribution in [0.15, 0.2) is 0 Å². The molecule has 18 heavy (non-hydrogen) atoms. The van der Waals surface area contributed by atoms with Crippen LogP contribution in [0.4, 0.5) is 0 Å². The summed E-state index contributed by atoms with van der Waals surface area (Å²) in [7, 11) is 0. The molecule has 3 nitrogen and oxygen atoms in total. The molecule has 2 aliphatic carbocycles. The minimum atomic E-state index is 0.366. The molecule has 3 rings (SSSR count). The van der Waals surface area contributed by atoms with Crippen molar-refractivity contribution in [1.29, 1.82) is 0 Å². The molecule has 3 aliphatic rings. The Hall–Kier alpha value is -0.570. The van der Waals surface area contributed by atoms with Crippen LogP contribution in [0.25, 0.3) is 0 Å². The lowest BCUT2D eigenvalue weighted by Crippen LogP contribution is -2.43. The molecule has 0 spiro atoms. The average Bonchev–Trinajstić information content (AvgIpc) is 3.03. The third-order valence-electron chi connectivity index (χ3n) is 5.16. The van der Waals surface area contributed by atoms with Crippen molar-refractivity contribution in [2.24, 2.45) is 23.7 Å². The molecule has 3 fully saturated rings. The van der Waals surface area contributed by atoms with Crippen LogP contribution in [0.1, 0.15) is 39.0 Å². The first-order valence-corrected chi connectivity index (χ1v) is 7.77. The Morgan fingerprint density at radius 1 is 1.28 bits per heavy atom. The fourth-order valence-corrected chi connectivity index (χ4v) is 3.94. The molecule has 0 aromatic carbocycles. The summed E-state index contributed by atoms with van der Waals surface area (Å²) < 4.78 is 0. The van der Waals surface area contributed by atoms with Crippen LogP contribution in [0.2, 0.25) is 0 Å². The number of fused-ring (bicyclic) bond motifs is 1. The molecule has 0 aromatic heterocycles. The summed E-state index contributed by atoms with van der Waals surface area (Å²) in [5.41, 5.74) is 0. The van der Waals surface area contributed by atoms with Gasteiger partial charge in [0.15, 0.2) is 0 Å². The van der Waals surface area contributed by atoms with Gasteiger partial charge in [-0.2, -0.15) is 0 Å². The van der Waals surface area contributed by atoms with Crippen LogP contribution in [-0.4, -0.2) is 37.0 Å². The number of nitrogens with one attached hydrogen (secondary N) is 1. The summed E-state index contributed by atoms with van der Waals surface area (Å²) in [6, 6.07) is 0. The summed E-state index contributed by atoms with van der Waals surface area (Å²) >= 11 is 0. The van der Waals surface area contributed by atoms with Gasteiger partial charge in [0.05, 0.1) is 0 Å². The third kappa shape index (κ3) is 2.56. The van der Waals surface area contributed by atoms with Gasteiger partial charge in [-0.25, -0.2) is 0 Å². The number of nitrogens with zero attached hydrogens (tertiary/aromatic N) is 1. The Kier molecular flexibility index (Phi) is 3.60. The molecule has 1 N–H and O–H groups in total. The maximum absolute atomic E-state index is 12.5. The predicted molar refractivity (Wildman–Crippen MR) is 72.2 cm³/mol. The lowest BCUT2D eigenvalue weighted by molar-refractivity contribution is -0.136. The number of carbonyl (C=O) groups is 1. The number of amides is 1. The van der Waals surface area contributed by atoms with Crippen molar-refractivity contribution in [2.75, 3.05) is 26.2 Å². The van der Waals surface area contributed by atoms with E-state index >= 15 is 0 Å². The topological polar surface area (TPSA) is 32.3 Å². The van der Waals surface area contributed by atoms with Crippen LogP contribution < -0.4 is 5.32 Å². The minimum absolute atomic E-state index is 0.366. The van der Waals surface area contributed by atoms with Crippen molar-refractivity contribution in [1.82, 2.24) is 10.2 Å². The quantitative estimate of drug-likeness (QED) is 0.826. The second kappa shape index (κ2) is 5.20. The molecule has 0 aromatic rings. The second-order valence-corrected chi connectivity index (χ2v) is 6.51. The zero-order valence-corrected chi connectivity index (χ0v) is 11.5. The van der Waals surface area contributed by atoms with Gasteiger partial charge in [-0.1, -0.05) is 0 Å². The highest BCUT2D eigenvalue weighted by Crippen LogP contribution is 2.54. The van der Waals surface area contributed by atoms with Gasteiger partial charge in [0.2, 0.25) is 5.91 Å². The van der Waals surface area contributed by atoms with Crippen LogP contribution >= 0.6 is 0 Å². The molecule has 102 valence electrons. The lowest BCUT2D eigenvalue weighted by atomic mass is 9.97. The lowest BCUT2D eigenvalue weighted by Gasteiger charge is -2.31. The monoisotopic (exact) mass is 250 g/mol. The highest BCUT2D eigenvalue weighted by Gasteiger charge is 2.48. The standard InChI is InChI=1S/C15H26N2O/c1-2-17(10-11-4-3-5-16-9-11)15(18)14-7-12-6-13(12)8-14/h11-14,16H,2-10H2,1H3. The summed E-state index contributed by atoms with van der Waals surface area (Å²) in [6.07, 6.45) is 6.32. The highest BCUT2D eigenvalue weighted by molar-refractivity contribution is 5.79. The van der Waals surface area contributed by atoms with E-state index in [9.17, 15) is 4.79 Å². The van der Waals surface area contributed by atoms with Crippen molar-refractivity contribution in [3.8, 4) is 0 Å². The molecule has 0 bridgehead atoms. The van der Waals surface area contributed by atoms with E-state index in [0.717, 1.165) is 38.0 Å². The number of hydrogen-bond donors (Lipinski definition) is 1. The number of piperidine rings is 1. The van der Waals surface area contributed by atoms with Crippen molar-refractivity contribution in [3.63, 3.8) is 0 Å². The highest BCUT2D eigenvalue weighted by atomic mass is 16.2. The van der Waals surface area contributed by atoms with Crippen molar-refractivity contribution in [2.45, 2.75) is 39.0 Å². The molecule has 0 radical (unpaired) electrons. The van der Waals surface area contributed by atoms with Crippen LogP contribution in [0.3, 0.4) is 0 Å². The van der Waals surface area contributed by atoms with Crippen molar-refractivity contribution in [3.05, 3.63) is 0 Å². The van der Waals surface area contributed by atoms with E-state index in [1.807, 2.05) is 0 Å². The smallest absolute Gasteiger partial charge is 0.225 e. The summed E-state index contributed by atoms with van der Waals surface area (Å²) in [5, 5.41) is 3.45. The predicted octanol–water partition coefficient (Wildman–Crippen LogP) is 1.88. The number of carbonyl (C=O) groups excluding carboxylic acids is 1. The molecule has 1 amide bonds. The number of hydrogen-bond acceptors (Lipinski definition) is 2. The zero-order valence-electron chi connectivity index (χ0n) is 11.5. The van der Waals surface area contributed by atoms with Crippen LogP contribution in [0, 0.1) is 23.7 Å². The normalized spacial score (nSPS) is 38.3. The molecule has 3 atom stereocenters. The third-order valence-corrected chi connectivity index (χ3v) is 5.16. The Balaban J connectivity index is 1.52. The van der Waals surface area contributed by atoms with Crippen LogP contribution in [-0.2, 0) is 4.79 Å². The molecule has 2 saturated carbocycles. The SMILES string of the molecule is CCN(CC1CCCNC1)C(=O)C1CC2CC2C1. The van der Waals surface area contributed by atoms with E-state index in [2.05, 4.69) is 17.1 Å². The van der Waals surface area contributed by atoms with Crippen LogP contribution in [0.5, 0.6) is 0 Å². The maximum atomic E-state index is 12.5. The zero-order chi connectivity index (χ0) is 12.5. The van der Waals surface area contributed by atoms with Gasteiger partial charge in [0.25, 0.3) is 0 Å². The fourth-order valence-electron chi connectivity index (χ4n) is 3.94. The largest absolute Gasteiger partial charge is 0.342 e. The Morgan fingerprint density at radius 2 is 2.06 bits per heavy atom. The molecule has 3 unspecified atom stereocenters. The summed E-state index contributed by atoms with van der Waals surface area (Å²) in [4.78, 5) is 14.7. The maximum Gasteiger partial charge on any atom is 0.225 e. The van der Waals surface area contributed by atoms with Gasteiger partial charge < -0.3 is 10.2 Å². The van der Waals surface area contributed by atoms with Gasteiger partial charge in [-0.05, 0) is 69.9 Å². The van der Waals surface area contributed by atoms with Gasteiger partial charge in [-0.3, -0.25) is 4.79 Å². The second-order valence-electron chi connectivity index (χ2n) is 6.51. The number of rotatable bonds is 4. The van der Waals surface area contributed by atoms with Gasteiger partial charge in [0.1, 0.15) is 0 Å². The molecular weight excluding hydrogens is 224 g/mol. The summed E-state index contributed by atoms with van der Waals surface area (Å²) in [5.74, 6) is 3.32. The summed E-state index contributed by atoms with van der Waals surface area (Å²) in [6.45, 7) is 6.25. The van der Waals surface area contributed by atoms with E-state index in [4.69, 9.17) is 0 Å². The van der Waals surface area contributed by atoms with Crippen molar-refractivity contribution >= 4 is 5.91 Å². The van der Waals surface area contributed by atoms with Gasteiger partial charge >= 0.3 is 0 Å². The van der Waals surface area contributed by atoms with Crippen molar-refractivity contribution < 1.29 is 4.79 Å². The minimum Gasteiger partial charge on any atom is -0.342 e. The van der Waals surface area contributed by atoms with Gasteiger partial charge in [0, 0.05) is 19.0 Å². The Labute approximate surface area is 110 Å².